The molecule has 0 aliphatic rings. The van der Waals surface area contributed by atoms with E-state index in [0.717, 1.165) is 66.9 Å². The average molecular weight is 547 g/mol. The number of benzene rings is 3. The van der Waals surface area contributed by atoms with Crippen molar-refractivity contribution in [2.45, 2.75) is 19.8 Å². The van der Waals surface area contributed by atoms with Crippen LogP contribution in [0.1, 0.15) is 17.1 Å². The first kappa shape index (κ1) is 26.7. The van der Waals surface area contributed by atoms with E-state index in [1.54, 1.807) is 14.2 Å². The molecule has 0 bridgehead atoms. The summed E-state index contributed by atoms with van der Waals surface area (Å²) in [5.41, 5.74) is 7.91. The summed E-state index contributed by atoms with van der Waals surface area (Å²) in [6, 6.07) is 30.8. The molecule has 0 spiro atoms. The summed E-state index contributed by atoms with van der Waals surface area (Å²) in [7, 11) is 3.34. The van der Waals surface area contributed by atoms with Crippen LogP contribution in [0.2, 0.25) is 0 Å². The van der Waals surface area contributed by atoms with Crippen LogP contribution in [-0.4, -0.2) is 41.1 Å². The number of aliphatic hydroxyl groups is 1. The van der Waals surface area contributed by atoms with Crippen molar-refractivity contribution in [2.75, 3.05) is 25.9 Å². The third-order valence-corrected chi connectivity index (χ3v) is 6.90. The van der Waals surface area contributed by atoms with Gasteiger partial charge in [-0.2, -0.15) is 0 Å². The fourth-order valence-corrected chi connectivity index (χ4v) is 4.99. The Morgan fingerprint density at radius 2 is 0.902 bits per heavy atom. The molecule has 0 unspecified atom stereocenters. The predicted molar refractivity (Wildman–Crippen MR) is 160 cm³/mol. The quantitative estimate of drug-likeness (QED) is 0.193. The van der Waals surface area contributed by atoms with Gasteiger partial charge in [-0.1, -0.05) is 36.4 Å². The highest BCUT2D eigenvalue weighted by Gasteiger charge is 2.16. The number of hydrogen-bond donors (Lipinski definition) is 1. The number of nitrogens with zero attached hydrogens (tertiary/aromatic N) is 4. The van der Waals surface area contributed by atoms with Crippen molar-refractivity contribution in [1.29, 1.82) is 0 Å². The molecular formula is C33H30N4O4. The lowest BCUT2D eigenvalue weighted by Gasteiger charge is -2.26. The van der Waals surface area contributed by atoms with Gasteiger partial charge in [-0.3, -0.25) is 15.0 Å². The van der Waals surface area contributed by atoms with Gasteiger partial charge in [0.2, 0.25) is 0 Å². The van der Waals surface area contributed by atoms with Crippen LogP contribution in [0.3, 0.4) is 0 Å². The van der Waals surface area contributed by atoms with Gasteiger partial charge in [-0.05, 0) is 54.6 Å². The minimum atomic E-state index is -0.349. The van der Waals surface area contributed by atoms with Crippen molar-refractivity contribution in [3.8, 4) is 0 Å². The van der Waals surface area contributed by atoms with Crippen molar-refractivity contribution >= 4 is 49.8 Å². The molecule has 6 aromatic rings. The van der Waals surface area contributed by atoms with E-state index in [0.29, 0.717) is 13.2 Å². The van der Waals surface area contributed by atoms with Gasteiger partial charge in [0.25, 0.3) is 0 Å². The molecule has 0 saturated carbocycles. The first-order valence-corrected chi connectivity index (χ1v) is 13.3. The summed E-state index contributed by atoms with van der Waals surface area (Å²) < 4.78 is 15.8. The highest BCUT2D eigenvalue weighted by Crippen LogP contribution is 2.38. The van der Waals surface area contributed by atoms with Crippen molar-refractivity contribution in [3.05, 3.63) is 108 Å². The molecule has 1 N–H and O–H groups in total. The zero-order valence-corrected chi connectivity index (χ0v) is 22.9. The first-order valence-electron chi connectivity index (χ1n) is 13.3. The minimum Gasteiger partial charge on any atom is -0.378 e. The van der Waals surface area contributed by atoms with Gasteiger partial charge < -0.3 is 24.2 Å². The van der Waals surface area contributed by atoms with Crippen LogP contribution in [0.25, 0.3) is 32.7 Å². The van der Waals surface area contributed by atoms with E-state index < -0.39 is 0 Å². The third kappa shape index (κ3) is 5.73. The Labute approximate surface area is 237 Å². The number of methoxy groups -OCH3 is 2. The second kappa shape index (κ2) is 12.0. The number of pyridine rings is 3. The number of fused-ring (bicyclic) bond motifs is 3. The van der Waals surface area contributed by atoms with Crippen LogP contribution < -0.4 is 4.90 Å². The molecule has 0 aliphatic carbocycles. The molecule has 41 heavy (non-hydrogen) atoms. The fourth-order valence-electron chi connectivity index (χ4n) is 4.99. The van der Waals surface area contributed by atoms with Gasteiger partial charge in [-0.25, -0.2) is 0 Å². The van der Waals surface area contributed by atoms with Gasteiger partial charge in [0.15, 0.2) is 0 Å². The number of aromatic nitrogens is 3. The molecule has 0 fully saturated rings. The minimum absolute atomic E-state index is 0.237. The molecule has 8 heteroatoms. The normalized spacial score (nSPS) is 11.5. The average Bonchev–Trinajstić information content (AvgIpc) is 3.00. The Balaban J connectivity index is 1.51. The van der Waals surface area contributed by atoms with E-state index >= 15 is 0 Å². The lowest BCUT2D eigenvalue weighted by Crippen LogP contribution is -2.10. The number of aliphatic hydroxyl groups excluding tert-OH is 1. The highest BCUT2D eigenvalue weighted by atomic mass is 16.6. The van der Waals surface area contributed by atoms with Crippen LogP contribution in [0.5, 0.6) is 0 Å². The number of anilines is 3. The summed E-state index contributed by atoms with van der Waals surface area (Å²) in [6.07, 6.45) is 0. The summed E-state index contributed by atoms with van der Waals surface area (Å²) in [5, 5.41) is 12.2. The van der Waals surface area contributed by atoms with E-state index in [2.05, 4.69) is 71.6 Å². The van der Waals surface area contributed by atoms with E-state index in [4.69, 9.17) is 34.3 Å². The Morgan fingerprint density at radius 3 is 1.27 bits per heavy atom. The molecule has 0 amide bonds. The molecular weight excluding hydrogens is 516 g/mol. The Kier molecular flexibility index (Phi) is 7.80. The predicted octanol–water partition coefficient (Wildman–Crippen LogP) is 6.56. The molecule has 3 aromatic carbocycles. The van der Waals surface area contributed by atoms with Crippen molar-refractivity contribution in [2.24, 2.45) is 0 Å². The molecule has 0 atom stereocenters. The number of ether oxygens (including phenoxy) is 3. The molecule has 0 saturated heterocycles. The maximum absolute atomic E-state index is 9.07. The van der Waals surface area contributed by atoms with E-state index in [1.807, 2.05) is 24.3 Å². The standard InChI is InChI=1S/C33H30N4O4/c1-39-18-25-9-3-22-6-12-28(15-31(22)34-25)37(29-13-7-23-4-10-26(19-40-2)35-32(23)16-29)30-14-8-24-5-11-27(20-41-21-38)36-33(24)17-30/h3-17,38H,18-21H2,1-2H3. The molecule has 3 aromatic heterocycles. The number of rotatable bonds is 10. The maximum Gasteiger partial charge on any atom is 0.144 e. The topological polar surface area (TPSA) is 89.8 Å². The van der Waals surface area contributed by atoms with Gasteiger partial charge in [0.05, 0.1) is 53.5 Å². The van der Waals surface area contributed by atoms with Crippen LogP contribution in [-0.2, 0) is 34.0 Å². The molecule has 6 rings (SSSR count). The summed E-state index contributed by atoms with van der Waals surface area (Å²) >= 11 is 0. The van der Waals surface area contributed by atoms with Crippen LogP contribution in [0, 0.1) is 0 Å². The van der Waals surface area contributed by atoms with Gasteiger partial charge in [0.1, 0.15) is 6.79 Å². The largest absolute Gasteiger partial charge is 0.378 e. The second-order valence-electron chi connectivity index (χ2n) is 9.72. The fraction of sp³-hybridized carbons (Fsp3) is 0.182. The molecule has 8 nitrogen and oxygen atoms in total. The van der Waals surface area contributed by atoms with E-state index in [-0.39, 0.29) is 13.4 Å². The van der Waals surface area contributed by atoms with Gasteiger partial charge in [0, 0.05) is 47.4 Å². The van der Waals surface area contributed by atoms with Crippen LogP contribution in [0.4, 0.5) is 17.1 Å². The monoisotopic (exact) mass is 546 g/mol. The highest BCUT2D eigenvalue weighted by molar-refractivity contribution is 5.92. The summed E-state index contributed by atoms with van der Waals surface area (Å²) in [4.78, 5) is 16.7. The van der Waals surface area contributed by atoms with E-state index in [9.17, 15) is 0 Å². The van der Waals surface area contributed by atoms with Crippen molar-refractivity contribution < 1.29 is 19.3 Å². The van der Waals surface area contributed by atoms with Gasteiger partial charge >= 0.3 is 0 Å². The summed E-state index contributed by atoms with van der Waals surface area (Å²) in [6.45, 7) is 0.782. The Hall–Kier alpha value is -4.47. The van der Waals surface area contributed by atoms with Crippen LogP contribution >= 0.6 is 0 Å². The third-order valence-electron chi connectivity index (χ3n) is 6.90. The SMILES string of the molecule is COCc1ccc2ccc(N(c3ccc4ccc(COC)nc4c3)c3ccc4ccc(COCO)nc4c3)cc2n1. The van der Waals surface area contributed by atoms with Crippen molar-refractivity contribution in [3.63, 3.8) is 0 Å². The number of hydrogen-bond acceptors (Lipinski definition) is 8. The van der Waals surface area contributed by atoms with Gasteiger partial charge in [-0.15, -0.1) is 0 Å². The summed E-state index contributed by atoms with van der Waals surface area (Å²) in [5.74, 6) is 0. The Bertz CT molecular complexity index is 1750. The zero-order valence-electron chi connectivity index (χ0n) is 22.9. The molecule has 3 heterocycles. The van der Waals surface area contributed by atoms with Crippen LogP contribution in [0.15, 0.2) is 91.0 Å². The second-order valence-corrected chi connectivity index (χ2v) is 9.72. The Morgan fingerprint density at radius 1 is 0.537 bits per heavy atom. The zero-order chi connectivity index (χ0) is 28.2. The maximum atomic E-state index is 9.07. The van der Waals surface area contributed by atoms with Crippen molar-refractivity contribution in [1.82, 2.24) is 15.0 Å². The lowest BCUT2D eigenvalue weighted by atomic mass is 10.1. The van der Waals surface area contributed by atoms with E-state index in [1.165, 1.54) is 0 Å². The molecule has 0 radical (unpaired) electrons. The first-order chi connectivity index (χ1) is 20.1. The molecule has 0 aliphatic heterocycles. The molecule has 206 valence electrons. The smallest absolute Gasteiger partial charge is 0.144 e. The lowest BCUT2D eigenvalue weighted by molar-refractivity contribution is -0.0124.